The summed E-state index contributed by atoms with van der Waals surface area (Å²) >= 11 is -1.11. The lowest BCUT2D eigenvalue weighted by Gasteiger charge is -2.16. The highest BCUT2D eigenvalue weighted by Gasteiger charge is 2.18. The molecule has 0 bridgehead atoms. The van der Waals surface area contributed by atoms with Gasteiger partial charge in [-0.15, -0.1) is 11.3 Å². The third kappa shape index (κ3) is 1.21. The summed E-state index contributed by atoms with van der Waals surface area (Å²) in [6.45, 7) is 0.891. The molecule has 1 aromatic heterocycles. The van der Waals surface area contributed by atoms with Gasteiger partial charge in [0.05, 0.1) is 0 Å². The van der Waals surface area contributed by atoms with E-state index in [4.69, 9.17) is 9.47 Å². The van der Waals surface area contributed by atoms with Crippen molar-refractivity contribution in [3.63, 3.8) is 0 Å². The second kappa shape index (κ2) is 3.04. The first-order valence-electron chi connectivity index (χ1n) is 3.25. The molecule has 0 saturated heterocycles. The van der Waals surface area contributed by atoms with Crippen LogP contribution in [0, 0.1) is 0 Å². The van der Waals surface area contributed by atoms with E-state index in [0.717, 1.165) is 11.3 Å². The summed E-state index contributed by atoms with van der Waals surface area (Å²) in [6, 6.07) is 0. The molecular formula is C6H5O4S2-. The molecule has 66 valence electrons. The Hall–Kier alpha value is -0.590. The van der Waals surface area contributed by atoms with Gasteiger partial charge in [-0.25, -0.2) is 0 Å². The van der Waals surface area contributed by atoms with Crippen molar-refractivity contribution in [2.75, 3.05) is 13.2 Å². The molecule has 2 heterocycles. The number of rotatable bonds is 1. The van der Waals surface area contributed by atoms with Crippen LogP contribution in [0.4, 0.5) is 0 Å². The number of hydrogen-bond donors (Lipinski definition) is 0. The van der Waals surface area contributed by atoms with Crippen molar-refractivity contribution in [1.82, 2.24) is 0 Å². The Bertz CT molecular complexity index is 319. The first-order chi connectivity index (χ1) is 5.79. The molecule has 1 unspecified atom stereocenters. The number of hydrogen-bond acceptors (Lipinski definition) is 5. The fourth-order valence-corrected chi connectivity index (χ4v) is 2.38. The molecule has 0 aliphatic carbocycles. The van der Waals surface area contributed by atoms with Crippen LogP contribution in [-0.4, -0.2) is 22.0 Å². The monoisotopic (exact) mass is 205 g/mol. The van der Waals surface area contributed by atoms with Gasteiger partial charge in [0.15, 0.2) is 11.5 Å². The third-order valence-electron chi connectivity index (χ3n) is 1.42. The van der Waals surface area contributed by atoms with Gasteiger partial charge in [-0.05, 0) is 11.1 Å². The summed E-state index contributed by atoms with van der Waals surface area (Å²) in [4.78, 5) is 0. The first kappa shape index (κ1) is 8.03. The molecule has 0 aromatic carbocycles. The average molecular weight is 205 g/mol. The zero-order chi connectivity index (χ0) is 8.55. The van der Waals surface area contributed by atoms with Crippen LogP contribution >= 0.6 is 11.3 Å². The lowest BCUT2D eigenvalue weighted by molar-refractivity contribution is 0.169. The first-order valence-corrected chi connectivity index (χ1v) is 5.21. The van der Waals surface area contributed by atoms with E-state index in [0.29, 0.717) is 24.7 Å². The van der Waals surface area contributed by atoms with Crippen LogP contribution in [0.5, 0.6) is 11.5 Å². The van der Waals surface area contributed by atoms with Gasteiger partial charge in [-0.1, -0.05) is 0 Å². The van der Waals surface area contributed by atoms with Crippen LogP contribution in [0.15, 0.2) is 9.59 Å². The standard InChI is InChI=1S/C6H6O4S2/c7-12(8)6-5-4(3-11-6)9-1-2-10-5/h3H,1-2H2,(H,7,8)/p-1. The number of ether oxygens (including phenoxy) is 2. The molecule has 0 saturated carbocycles. The topological polar surface area (TPSA) is 58.6 Å². The van der Waals surface area contributed by atoms with Gasteiger partial charge < -0.3 is 14.0 Å². The van der Waals surface area contributed by atoms with Crippen molar-refractivity contribution in [3.8, 4) is 11.5 Å². The Kier molecular flexibility index (Phi) is 2.03. The van der Waals surface area contributed by atoms with Crippen molar-refractivity contribution in [3.05, 3.63) is 5.38 Å². The molecule has 1 aliphatic heterocycles. The third-order valence-corrected chi connectivity index (χ3v) is 3.34. The lowest BCUT2D eigenvalue weighted by atomic mass is 10.5. The van der Waals surface area contributed by atoms with E-state index in [-0.39, 0.29) is 4.21 Å². The van der Waals surface area contributed by atoms with Crippen LogP contribution in [0.1, 0.15) is 0 Å². The van der Waals surface area contributed by atoms with E-state index in [9.17, 15) is 8.76 Å². The molecule has 0 radical (unpaired) electrons. The zero-order valence-corrected chi connectivity index (χ0v) is 7.57. The summed E-state index contributed by atoms with van der Waals surface area (Å²) in [5, 5.41) is 1.64. The van der Waals surface area contributed by atoms with Crippen LogP contribution in [0.2, 0.25) is 0 Å². The molecule has 2 rings (SSSR count). The van der Waals surface area contributed by atoms with Crippen molar-refractivity contribution < 1.29 is 18.2 Å². The maximum atomic E-state index is 10.6. The highest BCUT2D eigenvalue weighted by atomic mass is 32.2. The number of thiophene rings is 1. The smallest absolute Gasteiger partial charge is 0.187 e. The highest BCUT2D eigenvalue weighted by molar-refractivity contribution is 7.81. The molecule has 0 spiro atoms. The molecule has 1 atom stereocenters. The minimum Gasteiger partial charge on any atom is -0.768 e. The normalized spacial score (nSPS) is 17.4. The van der Waals surface area contributed by atoms with E-state index in [1.165, 1.54) is 0 Å². The van der Waals surface area contributed by atoms with E-state index in [1.807, 2.05) is 0 Å². The fraction of sp³-hybridized carbons (Fsp3) is 0.333. The number of fused-ring (bicyclic) bond motifs is 1. The molecule has 0 fully saturated rings. The van der Waals surface area contributed by atoms with E-state index < -0.39 is 11.1 Å². The Balaban J connectivity index is 2.44. The average Bonchev–Trinajstić information content (AvgIpc) is 2.47. The minimum absolute atomic E-state index is 0.213. The van der Waals surface area contributed by atoms with Gasteiger partial charge in [-0.2, -0.15) is 0 Å². The van der Waals surface area contributed by atoms with Crippen LogP contribution in [-0.2, 0) is 11.1 Å². The predicted octanol–water partition coefficient (Wildman–Crippen LogP) is 0.757. The van der Waals surface area contributed by atoms with Crippen LogP contribution < -0.4 is 9.47 Å². The quantitative estimate of drug-likeness (QED) is 0.635. The Morgan fingerprint density at radius 1 is 1.50 bits per heavy atom. The maximum absolute atomic E-state index is 10.6. The van der Waals surface area contributed by atoms with E-state index in [1.54, 1.807) is 5.38 Å². The highest BCUT2D eigenvalue weighted by Crippen LogP contribution is 2.40. The Morgan fingerprint density at radius 2 is 2.25 bits per heavy atom. The minimum atomic E-state index is -2.22. The van der Waals surface area contributed by atoms with Gasteiger partial charge in [0, 0.05) is 5.38 Å². The van der Waals surface area contributed by atoms with Crippen molar-refractivity contribution >= 4 is 22.4 Å². The van der Waals surface area contributed by atoms with Crippen molar-refractivity contribution in [2.24, 2.45) is 0 Å². The largest absolute Gasteiger partial charge is 0.768 e. The summed E-state index contributed by atoms with van der Waals surface area (Å²) in [7, 11) is 0. The van der Waals surface area contributed by atoms with Crippen LogP contribution in [0.25, 0.3) is 0 Å². The molecule has 12 heavy (non-hydrogen) atoms. The van der Waals surface area contributed by atoms with Crippen molar-refractivity contribution in [1.29, 1.82) is 0 Å². The van der Waals surface area contributed by atoms with Gasteiger partial charge in [0.25, 0.3) is 0 Å². The molecule has 1 aromatic rings. The molecule has 1 aliphatic rings. The fourth-order valence-electron chi connectivity index (χ4n) is 0.955. The Morgan fingerprint density at radius 3 is 3.00 bits per heavy atom. The van der Waals surface area contributed by atoms with Crippen molar-refractivity contribution in [2.45, 2.75) is 4.21 Å². The predicted molar refractivity (Wildman–Crippen MR) is 42.5 cm³/mol. The second-order valence-corrected chi connectivity index (χ2v) is 4.16. The SMILES string of the molecule is O=S([O-])c1scc2c1OCCO2. The summed E-state index contributed by atoms with van der Waals surface area (Å²) in [6.07, 6.45) is 0. The molecule has 0 amide bonds. The van der Waals surface area contributed by atoms with Gasteiger partial charge >= 0.3 is 0 Å². The molecular weight excluding hydrogens is 200 g/mol. The maximum Gasteiger partial charge on any atom is 0.187 e. The van der Waals surface area contributed by atoms with E-state index in [2.05, 4.69) is 0 Å². The van der Waals surface area contributed by atoms with Gasteiger partial charge in [0.1, 0.15) is 17.4 Å². The molecule has 6 heteroatoms. The zero-order valence-electron chi connectivity index (χ0n) is 5.94. The molecule has 4 nitrogen and oxygen atoms in total. The summed E-state index contributed by atoms with van der Waals surface area (Å²) in [5.74, 6) is 0.894. The Labute approximate surface area is 75.4 Å². The lowest BCUT2D eigenvalue weighted by Crippen LogP contribution is -2.14. The second-order valence-electron chi connectivity index (χ2n) is 2.15. The summed E-state index contributed by atoms with van der Waals surface area (Å²) < 4.78 is 31.7. The van der Waals surface area contributed by atoms with Gasteiger partial charge in [0.2, 0.25) is 0 Å². The molecule has 0 N–H and O–H groups in total. The summed E-state index contributed by atoms with van der Waals surface area (Å²) in [5.41, 5.74) is 0. The van der Waals surface area contributed by atoms with Crippen LogP contribution in [0.3, 0.4) is 0 Å². The van der Waals surface area contributed by atoms with E-state index >= 15 is 0 Å². The van der Waals surface area contributed by atoms with Gasteiger partial charge in [-0.3, -0.25) is 4.21 Å².